The Balaban J connectivity index is 1.95. The second-order valence-electron chi connectivity index (χ2n) is 6.24. The number of nitrogens with one attached hydrogen (secondary N) is 1. The second-order valence-corrected chi connectivity index (χ2v) is 9.03. The fourth-order valence-electron chi connectivity index (χ4n) is 2.69. The van der Waals surface area contributed by atoms with Crippen LogP contribution in [-0.2, 0) is 21.2 Å². The summed E-state index contributed by atoms with van der Waals surface area (Å²) in [6.07, 6.45) is 4.76. The van der Waals surface area contributed by atoms with E-state index in [2.05, 4.69) is 12.2 Å². The lowest BCUT2D eigenvalue weighted by molar-refractivity contribution is -0.116. The van der Waals surface area contributed by atoms with Gasteiger partial charge in [-0.15, -0.1) is 11.8 Å². The summed E-state index contributed by atoms with van der Waals surface area (Å²) < 4.78 is 25.6. The van der Waals surface area contributed by atoms with Crippen molar-refractivity contribution in [3.05, 3.63) is 54.1 Å². The van der Waals surface area contributed by atoms with Gasteiger partial charge in [0, 0.05) is 23.5 Å². The number of nitrogens with zero attached hydrogens (tertiary/aromatic N) is 1. The molecule has 0 aliphatic carbocycles. The minimum atomic E-state index is -3.40. The zero-order valence-electron chi connectivity index (χ0n) is 15.9. The number of rotatable bonds is 9. The van der Waals surface area contributed by atoms with Gasteiger partial charge in [-0.2, -0.15) is 0 Å². The van der Waals surface area contributed by atoms with E-state index in [0.29, 0.717) is 12.1 Å². The molecule has 0 fully saturated rings. The Morgan fingerprint density at radius 2 is 1.85 bits per heavy atom. The summed E-state index contributed by atoms with van der Waals surface area (Å²) in [4.78, 5) is 13.3. The molecule has 0 radical (unpaired) electrons. The minimum Gasteiger partial charge on any atom is -0.326 e. The molecule has 0 saturated carbocycles. The molecule has 0 saturated heterocycles. The van der Waals surface area contributed by atoms with Crippen molar-refractivity contribution < 1.29 is 13.2 Å². The van der Waals surface area contributed by atoms with E-state index in [1.807, 2.05) is 54.8 Å². The van der Waals surface area contributed by atoms with Crippen molar-refractivity contribution in [1.82, 2.24) is 0 Å². The predicted molar refractivity (Wildman–Crippen MR) is 114 cm³/mol. The lowest BCUT2D eigenvalue weighted by Gasteiger charge is -2.22. The van der Waals surface area contributed by atoms with Crippen LogP contribution >= 0.6 is 11.8 Å². The molecule has 0 aromatic heterocycles. The molecule has 2 aromatic rings. The van der Waals surface area contributed by atoms with Crippen LogP contribution in [-0.4, -0.2) is 33.4 Å². The predicted octanol–water partition coefficient (Wildman–Crippen LogP) is 4.16. The monoisotopic (exact) mass is 406 g/mol. The third-order valence-corrected chi connectivity index (χ3v) is 6.07. The number of carbonyl (C=O) groups excluding carboxylic acids is 1. The van der Waals surface area contributed by atoms with Gasteiger partial charge in [-0.1, -0.05) is 25.1 Å². The fourth-order valence-corrected chi connectivity index (χ4v) is 4.12. The number of sulfonamides is 1. The highest BCUT2D eigenvalue weighted by Gasteiger charge is 2.17. The number of anilines is 2. The number of benzene rings is 2. The quantitative estimate of drug-likeness (QED) is 0.635. The molecule has 1 amide bonds. The molecule has 0 bridgehead atoms. The van der Waals surface area contributed by atoms with E-state index in [0.717, 1.165) is 22.6 Å². The van der Waals surface area contributed by atoms with Crippen LogP contribution in [0.2, 0.25) is 0 Å². The molecule has 1 N–H and O–H groups in total. The zero-order chi connectivity index (χ0) is 19.9. The van der Waals surface area contributed by atoms with Gasteiger partial charge in [0.2, 0.25) is 15.9 Å². The van der Waals surface area contributed by atoms with Crippen LogP contribution in [0.1, 0.15) is 25.3 Å². The Morgan fingerprint density at radius 3 is 2.44 bits per heavy atom. The Bertz CT molecular complexity index is 865. The summed E-state index contributed by atoms with van der Waals surface area (Å²) in [5.41, 5.74) is 2.53. The van der Waals surface area contributed by atoms with E-state index in [9.17, 15) is 13.2 Å². The Hall–Kier alpha value is -1.99. The van der Waals surface area contributed by atoms with Crippen molar-refractivity contribution >= 4 is 39.1 Å². The van der Waals surface area contributed by atoms with E-state index < -0.39 is 10.0 Å². The largest absolute Gasteiger partial charge is 0.326 e. The highest BCUT2D eigenvalue weighted by molar-refractivity contribution is 7.98. The van der Waals surface area contributed by atoms with Crippen LogP contribution in [0.4, 0.5) is 11.4 Å². The summed E-state index contributed by atoms with van der Waals surface area (Å²) in [7, 11) is -3.40. The van der Waals surface area contributed by atoms with Crippen molar-refractivity contribution in [2.45, 2.75) is 31.1 Å². The Morgan fingerprint density at radius 1 is 1.15 bits per heavy atom. The van der Waals surface area contributed by atoms with Crippen molar-refractivity contribution in [2.75, 3.05) is 28.7 Å². The van der Waals surface area contributed by atoms with Crippen molar-refractivity contribution in [1.29, 1.82) is 0 Å². The molecule has 2 aromatic carbocycles. The van der Waals surface area contributed by atoms with Gasteiger partial charge in [-0.3, -0.25) is 9.10 Å². The average molecular weight is 407 g/mol. The summed E-state index contributed by atoms with van der Waals surface area (Å²) in [6, 6.07) is 15.1. The number of carbonyl (C=O) groups is 1. The molecule has 0 aliphatic heterocycles. The molecular weight excluding hydrogens is 380 g/mol. The lowest BCUT2D eigenvalue weighted by Crippen LogP contribution is -2.31. The molecule has 0 atom stereocenters. The summed E-state index contributed by atoms with van der Waals surface area (Å²) in [5, 5.41) is 2.86. The number of hydrogen-bond acceptors (Lipinski definition) is 4. The van der Waals surface area contributed by atoms with Crippen molar-refractivity contribution in [2.24, 2.45) is 0 Å². The first-order valence-electron chi connectivity index (χ1n) is 8.84. The summed E-state index contributed by atoms with van der Waals surface area (Å²) >= 11 is 1.61. The van der Waals surface area contributed by atoms with E-state index >= 15 is 0 Å². The van der Waals surface area contributed by atoms with Gasteiger partial charge in [0.1, 0.15) is 0 Å². The topological polar surface area (TPSA) is 66.5 Å². The van der Waals surface area contributed by atoms with Crippen LogP contribution in [0.25, 0.3) is 0 Å². The third-order valence-electron chi connectivity index (χ3n) is 4.15. The molecule has 2 rings (SSSR count). The first-order valence-corrected chi connectivity index (χ1v) is 11.9. The first kappa shape index (κ1) is 21.3. The Kier molecular flexibility index (Phi) is 7.74. The molecule has 146 valence electrons. The molecular formula is C20H26N2O3S2. The van der Waals surface area contributed by atoms with E-state index in [4.69, 9.17) is 0 Å². The van der Waals surface area contributed by atoms with E-state index in [-0.39, 0.29) is 18.9 Å². The fraction of sp³-hybridized carbons (Fsp3) is 0.350. The SMILES string of the molecule is CCc1ccc(N(CCCC(=O)Nc2cccc(SC)c2)S(C)(=O)=O)cc1. The van der Waals surface area contributed by atoms with Crippen LogP contribution in [0, 0.1) is 0 Å². The normalized spacial score (nSPS) is 11.2. The Labute approximate surface area is 166 Å². The highest BCUT2D eigenvalue weighted by atomic mass is 32.2. The average Bonchev–Trinajstić information content (AvgIpc) is 2.64. The number of hydrogen-bond donors (Lipinski definition) is 1. The van der Waals surface area contributed by atoms with E-state index in [1.54, 1.807) is 11.8 Å². The van der Waals surface area contributed by atoms with Crippen LogP contribution < -0.4 is 9.62 Å². The maximum absolute atomic E-state index is 12.2. The molecule has 7 heteroatoms. The lowest BCUT2D eigenvalue weighted by atomic mass is 10.1. The second kappa shape index (κ2) is 9.80. The van der Waals surface area contributed by atoms with E-state index in [1.165, 1.54) is 10.6 Å². The number of thioether (sulfide) groups is 1. The maximum Gasteiger partial charge on any atom is 0.232 e. The van der Waals surface area contributed by atoms with Gasteiger partial charge in [-0.05, 0) is 55.0 Å². The maximum atomic E-state index is 12.2. The molecule has 0 aliphatic rings. The van der Waals surface area contributed by atoms with Gasteiger partial charge >= 0.3 is 0 Å². The van der Waals surface area contributed by atoms with Crippen molar-refractivity contribution in [3.63, 3.8) is 0 Å². The number of amides is 1. The first-order chi connectivity index (χ1) is 12.8. The smallest absolute Gasteiger partial charge is 0.232 e. The summed E-state index contributed by atoms with van der Waals surface area (Å²) in [6.45, 7) is 2.32. The van der Waals surface area contributed by atoms with Gasteiger partial charge < -0.3 is 5.32 Å². The molecule has 5 nitrogen and oxygen atoms in total. The van der Waals surface area contributed by atoms with Gasteiger partial charge in [-0.25, -0.2) is 8.42 Å². The van der Waals surface area contributed by atoms with Crippen molar-refractivity contribution in [3.8, 4) is 0 Å². The van der Waals surface area contributed by atoms with Crippen LogP contribution in [0.5, 0.6) is 0 Å². The number of aryl methyl sites for hydroxylation is 1. The standard InChI is InChI=1S/C20H26N2O3S2/c1-4-16-10-12-18(13-11-16)22(27(3,24)25)14-6-9-20(23)21-17-7-5-8-19(15-17)26-2/h5,7-8,10-13,15H,4,6,9,14H2,1-3H3,(H,21,23). The molecule has 27 heavy (non-hydrogen) atoms. The van der Waals surface area contributed by atoms with Gasteiger partial charge in [0.15, 0.2) is 0 Å². The van der Waals surface area contributed by atoms with Gasteiger partial charge in [0.05, 0.1) is 11.9 Å². The third kappa shape index (κ3) is 6.59. The van der Waals surface area contributed by atoms with Crippen LogP contribution in [0.3, 0.4) is 0 Å². The highest BCUT2D eigenvalue weighted by Crippen LogP contribution is 2.21. The van der Waals surface area contributed by atoms with Crippen LogP contribution in [0.15, 0.2) is 53.4 Å². The molecule has 0 spiro atoms. The minimum absolute atomic E-state index is 0.122. The molecule has 0 unspecified atom stereocenters. The van der Waals surface area contributed by atoms with Gasteiger partial charge in [0.25, 0.3) is 0 Å². The molecule has 0 heterocycles. The zero-order valence-corrected chi connectivity index (χ0v) is 17.6. The summed E-state index contributed by atoms with van der Waals surface area (Å²) in [5.74, 6) is -0.122.